The molecule has 0 N–H and O–H groups in total. The van der Waals surface area contributed by atoms with Gasteiger partial charge in [0.05, 0.1) is 19.3 Å². The predicted octanol–water partition coefficient (Wildman–Crippen LogP) is 25.5. The molecule has 0 spiro atoms. The van der Waals surface area contributed by atoms with E-state index in [1.165, 1.54) is 170 Å². The van der Waals surface area contributed by atoms with Gasteiger partial charge >= 0.3 is 75.7 Å². The SMILES string of the molecule is Cc1ccc2c(c1)c1c(c3ccccc3[c-]1[Si](C)(CCCCCCOC(C)(C)C)[c-]1c3ccccc3c3ccccc31)n2C[Si](C)(C)C.Cc1ccc2c(c1)c1c(c3ccccc3[c-]1[Si](C)(CCCCCCOC(C)(C)C)[c-]1c3ccccc3c3ccccc31)n2[Si](C)(C)C.[Cl][Zr+2][Cl].[Cl][Zr+2][Cl]. The summed E-state index contributed by atoms with van der Waals surface area (Å²) in [6, 6.07) is 72.7. The summed E-state index contributed by atoms with van der Waals surface area (Å²) in [5.41, 5.74) is 8.33. The molecule has 2 aromatic heterocycles. The van der Waals surface area contributed by atoms with Crippen LogP contribution in [0.4, 0.5) is 0 Å². The molecular formula is C87H104Cl4N2O2Si4Zr2. The van der Waals surface area contributed by atoms with E-state index in [4.69, 9.17) is 43.5 Å². The van der Waals surface area contributed by atoms with E-state index in [1.807, 2.05) is 0 Å². The van der Waals surface area contributed by atoms with Gasteiger partial charge in [0.15, 0.2) is 0 Å². The number of hydrogen-bond donors (Lipinski definition) is 0. The summed E-state index contributed by atoms with van der Waals surface area (Å²) in [4.78, 5) is 0. The molecule has 101 heavy (non-hydrogen) atoms. The first-order chi connectivity index (χ1) is 48.1. The van der Waals surface area contributed by atoms with Crippen molar-refractivity contribution in [2.24, 2.45) is 0 Å². The van der Waals surface area contributed by atoms with Gasteiger partial charge in [-0.2, -0.15) is 0 Å². The van der Waals surface area contributed by atoms with Gasteiger partial charge in [0, 0.05) is 41.0 Å². The maximum absolute atomic E-state index is 6.08. The quantitative estimate of drug-likeness (QED) is 0.0407. The fraction of sp³-hybridized carbons (Fsp3) is 0.356. The van der Waals surface area contributed by atoms with Crippen molar-refractivity contribution in [3.8, 4) is 0 Å². The molecule has 0 fully saturated rings. The van der Waals surface area contributed by atoms with E-state index >= 15 is 0 Å². The summed E-state index contributed by atoms with van der Waals surface area (Å²) in [6.07, 6.45) is 10.8. The monoisotopic (exact) mass is 1640 g/mol. The summed E-state index contributed by atoms with van der Waals surface area (Å²) in [7, 11) is 11.8. The van der Waals surface area contributed by atoms with E-state index in [2.05, 4.69) is 299 Å². The van der Waals surface area contributed by atoms with E-state index < -0.39 is 74.2 Å². The van der Waals surface area contributed by atoms with Crippen LogP contribution >= 0.6 is 34.1 Å². The standard InChI is InChI=1S/C44H53NOSi2.C43H51NOSi2.4ClH.2Zr/c1-31-25-26-39-38(29-31)40-41(45(39)30-47(5,6)7)34-21-13-16-24-37(34)43(40)48(8,28-18-10-9-17-27-46-44(2,3)4)42-35-22-14-11-19-32(35)33-20-12-15-23-36(33)42;1-30-25-26-38-37(29-30)39-40(44(38)46(5,6)7)33-21-13-16-24-36(33)42(39)47(8,28-18-10-9-17-27-45-43(2,3)4)41-34-22-14-11-19-31(34)32-20-12-15-23-35(32)41;;;;;;/h11-16,19-26,29H,9-10,17-18,27-28,30H2,1-8H3;11-16,19-26,29H,9-10,17-18,27-28H2,1-8H3;4*1H;;/q2*-2;;;;;2*+4/p-4. The number of aromatic nitrogens is 2. The van der Waals surface area contributed by atoms with E-state index in [-0.39, 0.29) is 11.2 Å². The van der Waals surface area contributed by atoms with Crippen LogP contribution < -0.4 is 20.7 Å². The number of hydrogen-bond acceptors (Lipinski definition) is 2. The van der Waals surface area contributed by atoms with E-state index in [0.717, 1.165) is 32.2 Å². The van der Waals surface area contributed by atoms with E-state index in [1.54, 1.807) is 20.7 Å². The van der Waals surface area contributed by atoms with Crippen LogP contribution in [0.1, 0.15) is 104 Å². The average Bonchev–Trinajstić information content (AvgIpc) is 1.53. The van der Waals surface area contributed by atoms with Crippen LogP contribution in [0.5, 0.6) is 0 Å². The fourth-order valence-electron chi connectivity index (χ4n) is 17.1. The van der Waals surface area contributed by atoms with Crippen molar-refractivity contribution < 1.29 is 51.2 Å². The molecule has 14 aromatic rings. The Morgan fingerprint density at radius 1 is 0.366 bits per heavy atom. The van der Waals surface area contributed by atoms with Gasteiger partial charge in [-0.25, -0.2) is 0 Å². The van der Waals surface area contributed by atoms with Crippen molar-refractivity contribution in [2.45, 2.75) is 189 Å². The Morgan fingerprint density at radius 3 is 1.03 bits per heavy atom. The molecule has 14 heteroatoms. The van der Waals surface area contributed by atoms with E-state index in [0.29, 0.717) is 0 Å². The molecule has 2 atom stereocenters. The van der Waals surface area contributed by atoms with Crippen molar-refractivity contribution in [1.82, 2.24) is 8.80 Å². The second kappa shape index (κ2) is 32.6. The van der Waals surface area contributed by atoms with Crippen LogP contribution in [0.25, 0.3) is 108 Å². The van der Waals surface area contributed by atoms with Gasteiger partial charge in [-0.15, -0.1) is 111 Å². The third-order valence-corrected chi connectivity index (χ3v) is 33.1. The Kier molecular flexibility index (Phi) is 25.2. The second-order valence-electron chi connectivity index (χ2n) is 33.0. The molecule has 0 radical (unpaired) electrons. The Labute approximate surface area is 643 Å². The predicted molar refractivity (Wildman–Crippen MR) is 454 cm³/mol. The minimum absolute atomic E-state index is 0.0664. The van der Waals surface area contributed by atoms with Crippen molar-refractivity contribution in [2.75, 3.05) is 13.2 Å². The second-order valence-corrected chi connectivity index (χ2v) is 59.0. The molecule has 4 nitrogen and oxygen atoms in total. The molecule has 0 aliphatic carbocycles. The first-order valence-corrected chi connectivity index (χ1v) is 61.9. The molecule has 0 amide bonds. The Balaban J connectivity index is 0.000000189. The summed E-state index contributed by atoms with van der Waals surface area (Å²) in [6.45, 7) is 39.7. The zero-order valence-electron chi connectivity index (χ0n) is 62.7. The zero-order chi connectivity index (χ0) is 72.4. The summed E-state index contributed by atoms with van der Waals surface area (Å²) in [5, 5.41) is 29.9. The van der Waals surface area contributed by atoms with Crippen molar-refractivity contribution in [3.05, 3.63) is 193 Å². The van der Waals surface area contributed by atoms with Crippen LogP contribution in [0.15, 0.2) is 182 Å². The van der Waals surface area contributed by atoms with Crippen LogP contribution in [-0.2, 0) is 57.3 Å². The normalized spacial score (nSPS) is 13.6. The first-order valence-electron chi connectivity index (χ1n) is 36.7. The van der Waals surface area contributed by atoms with Gasteiger partial charge in [-0.1, -0.05) is 285 Å². The molecule has 2 unspecified atom stereocenters. The van der Waals surface area contributed by atoms with Crippen LogP contribution in [0.2, 0.25) is 64.5 Å². The molecule has 0 aliphatic rings. The third-order valence-electron chi connectivity index (χ3n) is 20.8. The zero-order valence-corrected chi connectivity index (χ0v) is 74.7. The molecule has 0 saturated heterocycles. The van der Waals surface area contributed by atoms with Crippen molar-refractivity contribution in [1.29, 1.82) is 0 Å². The van der Waals surface area contributed by atoms with E-state index in [9.17, 15) is 0 Å². The Morgan fingerprint density at radius 2 is 0.673 bits per heavy atom. The van der Waals surface area contributed by atoms with Gasteiger partial charge in [0.25, 0.3) is 0 Å². The average molecular weight is 1650 g/mol. The van der Waals surface area contributed by atoms with Gasteiger partial charge in [0.2, 0.25) is 0 Å². The number of nitrogens with zero attached hydrogens (tertiary/aromatic N) is 2. The molecule has 0 saturated carbocycles. The third kappa shape index (κ3) is 16.5. The molecule has 526 valence electrons. The van der Waals surface area contributed by atoms with Crippen molar-refractivity contribution in [3.63, 3.8) is 0 Å². The van der Waals surface area contributed by atoms with Crippen LogP contribution in [-0.4, -0.2) is 65.7 Å². The Hall–Kier alpha value is -3.97. The van der Waals surface area contributed by atoms with Gasteiger partial charge < -0.3 is 18.3 Å². The molecule has 0 bridgehead atoms. The number of fused-ring (bicyclic) bond motifs is 16. The summed E-state index contributed by atoms with van der Waals surface area (Å²) < 4.78 is 17.7. The molecule has 12 aromatic carbocycles. The molecule has 2 heterocycles. The fourth-order valence-corrected chi connectivity index (χ4v) is 30.1. The Bertz CT molecular complexity index is 5090. The van der Waals surface area contributed by atoms with Crippen molar-refractivity contribution >= 4 is 196 Å². The van der Waals surface area contributed by atoms with Crippen LogP contribution in [0.3, 0.4) is 0 Å². The topological polar surface area (TPSA) is 28.3 Å². The van der Waals surface area contributed by atoms with Gasteiger partial charge in [-0.3, -0.25) is 0 Å². The number of aryl methyl sites for hydroxylation is 2. The number of benzene rings is 8. The first kappa shape index (κ1) is 78.1. The van der Waals surface area contributed by atoms with Crippen LogP contribution in [0, 0.1) is 13.8 Å². The number of rotatable bonds is 21. The number of halogens is 4. The molecule has 14 rings (SSSR count). The summed E-state index contributed by atoms with van der Waals surface area (Å²) in [5.74, 6) is 0. The maximum atomic E-state index is 6.08. The number of unbranched alkanes of at least 4 members (excludes halogenated alkanes) is 6. The van der Waals surface area contributed by atoms with Gasteiger partial charge in [0.1, 0.15) is 8.24 Å². The molecule has 0 aliphatic heterocycles. The number of ether oxygens (including phenoxy) is 2. The van der Waals surface area contributed by atoms with Gasteiger partial charge in [-0.05, 0) is 91.4 Å². The molecular weight excluding hydrogens is 1540 g/mol. The minimum atomic E-state index is -2.37. The summed E-state index contributed by atoms with van der Waals surface area (Å²) >= 11 is -1.65.